The fourth-order valence-electron chi connectivity index (χ4n) is 2.01. The minimum absolute atomic E-state index is 0.0824. The Balaban J connectivity index is 2.99. The van der Waals surface area contributed by atoms with E-state index in [0.717, 1.165) is 6.26 Å². The van der Waals surface area contributed by atoms with Crippen LogP contribution in [0.3, 0.4) is 0 Å². The molecule has 0 aromatic heterocycles. The highest BCUT2D eigenvalue weighted by Crippen LogP contribution is 2.17. The van der Waals surface area contributed by atoms with Crippen LogP contribution in [0.4, 0.5) is 0 Å². The maximum Gasteiger partial charge on any atom is 0.254 e. The summed E-state index contributed by atoms with van der Waals surface area (Å²) in [4.78, 5) is 25.8. The number of rotatable bonds is 4. The van der Waals surface area contributed by atoms with Crippen LogP contribution in [-0.4, -0.2) is 50.5 Å². The quantitative estimate of drug-likeness (QED) is 0.898. The Bertz CT molecular complexity index is 718. The molecule has 23 heavy (non-hydrogen) atoms. The van der Waals surface area contributed by atoms with Crippen molar-refractivity contribution in [3.8, 4) is 0 Å². The maximum absolute atomic E-state index is 12.5. The monoisotopic (exact) mass is 340 g/mol. The van der Waals surface area contributed by atoms with Crippen LogP contribution in [0.5, 0.6) is 0 Å². The average molecular weight is 340 g/mol. The van der Waals surface area contributed by atoms with Gasteiger partial charge in [-0.15, -0.1) is 0 Å². The molecule has 1 aromatic rings. The summed E-state index contributed by atoms with van der Waals surface area (Å²) in [6.07, 6.45) is 1.09. The molecule has 0 saturated carbocycles. The summed E-state index contributed by atoms with van der Waals surface area (Å²) < 4.78 is 23.3. The van der Waals surface area contributed by atoms with Crippen molar-refractivity contribution >= 4 is 21.7 Å². The standard InChI is InChI=1S/C16H24N2O4S/c1-11-7-8-12(23(6,21)22)9-13(11)15(20)18(5)10-14(19)17-16(2,3)4/h7-9H,10H2,1-6H3,(H,17,19). The van der Waals surface area contributed by atoms with Gasteiger partial charge in [0, 0.05) is 24.4 Å². The molecule has 0 aliphatic rings. The SMILES string of the molecule is Cc1ccc(S(C)(=O)=O)cc1C(=O)N(C)CC(=O)NC(C)(C)C. The summed E-state index contributed by atoms with van der Waals surface area (Å²) >= 11 is 0. The smallest absolute Gasteiger partial charge is 0.254 e. The molecule has 2 amide bonds. The zero-order valence-electron chi connectivity index (χ0n) is 14.4. The van der Waals surface area contributed by atoms with Gasteiger partial charge < -0.3 is 10.2 Å². The van der Waals surface area contributed by atoms with Crippen LogP contribution < -0.4 is 5.32 Å². The van der Waals surface area contributed by atoms with Crippen molar-refractivity contribution in [3.05, 3.63) is 29.3 Å². The molecule has 0 heterocycles. The third-order valence-electron chi connectivity index (χ3n) is 3.11. The lowest BCUT2D eigenvalue weighted by molar-refractivity contribution is -0.122. The van der Waals surface area contributed by atoms with Gasteiger partial charge in [-0.1, -0.05) is 6.07 Å². The number of sulfone groups is 1. The Morgan fingerprint density at radius 3 is 2.26 bits per heavy atom. The lowest BCUT2D eigenvalue weighted by atomic mass is 10.1. The summed E-state index contributed by atoms with van der Waals surface area (Å²) in [7, 11) is -1.89. The highest BCUT2D eigenvalue weighted by molar-refractivity contribution is 7.90. The third-order valence-corrected chi connectivity index (χ3v) is 4.22. The summed E-state index contributed by atoms with van der Waals surface area (Å²) in [5, 5.41) is 2.78. The van der Waals surface area contributed by atoms with Gasteiger partial charge in [0.25, 0.3) is 5.91 Å². The predicted molar refractivity (Wildman–Crippen MR) is 89.1 cm³/mol. The largest absolute Gasteiger partial charge is 0.350 e. The first-order valence-corrected chi connectivity index (χ1v) is 9.07. The molecule has 128 valence electrons. The molecule has 1 aromatic carbocycles. The van der Waals surface area contributed by atoms with E-state index in [1.165, 1.54) is 24.1 Å². The summed E-state index contributed by atoms with van der Waals surface area (Å²) in [5.41, 5.74) is 0.553. The number of carbonyl (C=O) groups excluding carboxylic acids is 2. The Morgan fingerprint density at radius 1 is 1.22 bits per heavy atom. The minimum atomic E-state index is -3.40. The van der Waals surface area contributed by atoms with Gasteiger partial charge in [-0.2, -0.15) is 0 Å². The first-order valence-electron chi connectivity index (χ1n) is 7.18. The Labute approximate surface area is 137 Å². The van der Waals surface area contributed by atoms with Crippen molar-refractivity contribution < 1.29 is 18.0 Å². The second kappa shape index (κ2) is 6.70. The zero-order valence-corrected chi connectivity index (χ0v) is 15.2. The number of carbonyl (C=O) groups is 2. The fourth-order valence-corrected chi connectivity index (χ4v) is 2.66. The van der Waals surface area contributed by atoms with Gasteiger partial charge in [-0.3, -0.25) is 9.59 Å². The number of hydrogen-bond acceptors (Lipinski definition) is 4. The number of likely N-dealkylation sites (N-methyl/N-ethyl adjacent to an activating group) is 1. The lowest BCUT2D eigenvalue weighted by Crippen LogP contribution is -2.46. The molecule has 0 unspecified atom stereocenters. The van der Waals surface area contributed by atoms with Crippen LogP contribution in [0.2, 0.25) is 0 Å². The molecular formula is C16H24N2O4S. The highest BCUT2D eigenvalue weighted by atomic mass is 32.2. The van der Waals surface area contributed by atoms with Crippen LogP contribution in [0.15, 0.2) is 23.1 Å². The van der Waals surface area contributed by atoms with Crippen molar-refractivity contribution in [3.63, 3.8) is 0 Å². The number of nitrogens with one attached hydrogen (secondary N) is 1. The Hall–Kier alpha value is -1.89. The Morgan fingerprint density at radius 2 is 1.78 bits per heavy atom. The molecule has 7 heteroatoms. The Kier molecular flexibility index (Phi) is 5.58. The number of nitrogens with zero attached hydrogens (tertiary/aromatic N) is 1. The fraction of sp³-hybridized carbons (Fsp3) is 0.500. The van der Waals surface area contributed by atoms with Gasteiger partial charge >= 0.3 is 0 Å². The van der Waals surface area contributed by atoms with Crippen molar-refractivity contribution in [1.82, 2.24) is 10.2 Å². The molecule has 0 bridgehead atoms. The number of hydrogen-bond donors (Lipinski definition) is 1. The van der Waals surface area contributed by atoms with E-state index in [4.69, 9.17) is 0 Å². The van der Waals surface area contributed by atoms with E-state index in [2.05, 4.69) is 5.32 Å². The van der Waals surface area contributed by atoms with Crippen LogP contribution in [0.1, 0.15) is 36.7 Å². The molecule has 0 atom stereocenters. The van der Waals surface area contributed by atoms with E-state index in [9.17, 15) is 18.0 Å². The molecule has 0 fully saturated rings. The van der Waals surface area contributed by atoms with Crippen LogP contribution in [0.25, 0.3) is 0 Å². The maximum atomic E-state index is 12.5. The molecule has 1 rings (SSSR count). The zero-order chi connectivity index (χ0) is 18.0. The molecule has 0 saturated heterocycles. The van der Waals surface area contributed by atoms with E-state index < -0.39 is 15.7 Å². The first-order chi connectivity index (χ1) is 10.3. The molecule has 0 aliphatic carbocycles. The van der Waals surface area contributed by atoms with E-state index in [1.807, 2.05) is 20.8 Å². The van der Waals surface area contributed by atoms with Crippen molar-refractivity contribution in [2.45, 2.75) is 38.1 Å². The lowest BCUT2D eigenvalue weighted by Gasteiger charge is -2.24. The molecule has 1 N–H and O–H groups in total. The van der Waals surface area contributed by atoms with Gasteiger partial charge in [0.05, 0.1) is 11.4 Å². The van der Waals surface area contributed by atoms with Gasteiger partial charge in [0.1, 0.15) is 0 Å². The molecule has 0 spiro atoms. The van der Waals surface area contributed by atoms with Gasteiger partial charge in [-0.05, 0) is 45.4 Å². The second-order valence-electron chi connectivity index (χ2n) is 6.71. The molecule has 6 nitrogen and oxygen atoms in total. The van der Waals surface area contributed by atoms with Gasteiger partial charge in [0.2, 0.25) is 5.91 Å². The molecular weight excluding hydrogens is 316 g/mol. The van der Waals surface area contributed by atoms with Crippen molar-refractivity contribution in [2.75, 3.05) is 19.8 Å². The molecule has 0 radical (unpaired) electrons. The number of aryl methyl sites for hydroxylation is 1. The predicted octanol–water partition coefficient (Wildman–Crippen LogP) is 1.39. The van der Waals surface area contributed by atoms with Crippen LogP contribution in [0, 0.1) is 6.92 Å². The number of amides is 2. The van der Waals surface area contributed by atoms with E-state index in [-0.39, 0.29) is 28.4 Å². The first kappa shape index (κ1) is 19.2. The van der Waals surface area contributed by atoms with Crippen LogP contribution in [-0.2, 0) is 14.6 Å². The summed E-state index contributed by atoms with van der Waals surface area (Å²) in [6.45, 7) is 7.19. The topological polar surface area (TPSA) is 83.6 Å². The van der Waals surface area contributed by atoms with Gasteiger partial charge in [0.15, 0.2) is 9.84 Å². The number of benzene rings is 1. The van der Waals surface area contributed by atoms with E-state index in [1.54, 1.807) is 13.0 Å². The van der Waals surface area contributed by atoms with Crippen molar-refractivity contribution in [2.24, 2.45) is 0 Å². The van der Waals surface area contributed by atoms with Crippen LogP contribution >= 0.6 is 0 Å². The summed E-state index contributed by atoms with van der Waals surface area (Å²) in [6, 6.07) is 4.41. The summed E-state index contributed by atoms with van der Waals surface area (Å²) in [5.74, 6) is -0.665. The van der Waals surface area contributed by atoms with E-state index in [0.29, 0.717) is 5.56 Å². The highest BCUT2D eigenvalue weighted by Gasteiger charge is 2.21. The molecule has 0 aliphatic heterocycles. The second-order valence-corrected chi connectivity index (χ2v) is 8.72. The minimum Gasteiger partial charge on any atom is -0.350 e. The average Bonchev–Trinajstić information content (AvgIpc) is 2.34. The van der Waals surface area contributed by atoms with E-state index >= 15 is 0 Å². The van der Waals surface area contributed by atoms with Crippen molar-refractivity contribution in [1.29, 1.82) is 0 Å². The van der Waals surface area contributed by atoms with Gasteiger partial charge in [-0.25, -0.2) is 8.42 Å². The third kappa shape index (κ3) is 5.67. The normalized spacial score (nSPS) is 11.9.